The molecule has 0 bridgehead atoms. The second kappa shape index (κ2) is 6.04. The van der Waals surface area contributed by atoms with Gasteiger partial charge in [0.1, 0.15) is 5.54 Å². The van der Waals surface area contributed by atoms with Gasteiger partial charge in [0.05, 0.1) is 6.07 Å². The summed E-state index contributed by atoms with van der Waals surface area (Å²) >= 11 is 0. The maximum absolute atomic E-state index is 9.67. The van der Waals surface area contributed by atoms with E-state index in [-0.39, 0.29) is 5.54 Å². The Hall–Kier alpha value is -0.590. The molecule has 1 heterocycles. The third kappa shape index (κ3) is 3.05. The van der Waals surface area contributed by atoms with E-state index in [1.807, 2.05) is 0 Å². The highest BCUT2D eigenvalue weighted by Crippen LogP contribution is 2.40. The Kier molecular flexibility index (Phi) is 4.64. The van der Waals surface area contributed by atoms with E-state index in [0.717, 1.165) is 13.1 Å². The Balaban J connectivity index is 2.05. The van der Waals surface area contributed by atoms with Crippen LogP contribution < -0.4 is 5.32 Å². The summed E-state index contributed by atoms with van der Waals surface area (Å²) in [5.74, 6) is 0.581. The minimum Gasteiger partial charge on any atom is -0.298 e. The second-order valence-corrected chi connectivity index (χ2v) is 6.06. The van der Waals surface area contributed by atoms with E-state index in [9.17, 15) is 5.26 Å². The quantitative estimate of drug-likeness (QED) is 0.814. The van der Waals surface area contributed by atoms with Crippen molar-refractivity contribution in [3.63, 3.8) is 0 Å². The van der Waals surface area contributed by atoms with Crippen molar-refractivity contribution in [2.24, 2.45) is 5.92 Å². The zero-order chi connectivity index (χ0) is 13.0. The summed E-state index contributed by atoms with van der Waals surface area (Å²) < 4.78 is 0. The van der Waals surface area contributed by atoms with Crippen molar-refractivity contribution in [3.8, 4) is 6.07 Å². The van der Waals surface area contributed by atoms with Crippen LogP contribution in [0.3, 0.4) is 0 Å². The molecule has 2 aliphatic rings. The molecule has 1 N–H and O–H groups in total. The number of nitrogens with zero attached hydrogens (tertiary/aromatic N) is 2. The van der Waals surface area contributed by atoms with Crippen LogP contribution in [-0.4, -0.2) is 36.1 Å². The van der Waals surface area contributed by atoms with Gasteiger partial charge >= 0.3 is 0 Å². The number of likely N-dealkylation sites (tertiary alicyclic amines) is 1. The van der Waals surface area contributed by atoms with Crippen molar-refractivity contribution < 1.29 is 0 Å². The molecule has 18 heavy (non-hydrogen) atoms. The van der Waals surface area contributed by atoms with Crippen LogP contribution in [0, 0.1) is 17.2 Å². The molecule has 2 fully saturated rings. The van der Waals surface area contributed by atoms with Crippen molar-refractivity contribution >= 4 is 0 Å². The molecule has 1 aliphatic heterocycles. The molecule has 2 rings (SSSR count). The smallest absolute Gasteiger partial charge is 0.122 e. The third-order valence-electron chi connectivity index (χ3n) is 4.61. The summed E-state index contributed by atoms with van der Waals surface area (Å²) in [5.41, 5.74) is -0.284. The zero-order valence-corrected chi connectivity index (χ0v) is 11.9. The van der Waals surface area contributed by atoms with Gasteiger partial charge in [0.2, 0.25) is 0 Å². The number of nitrogens with one attached hydrogen (secondary N) is 1. The van der Waals surface area contributed by atoms with E-state index < -0.39 is 0 Å². The van der Waals surface area contributed by atoms with E-state index in [1.165, 1.54) is 45.1 Å². The van der Waals surface area contributed by atoms with Crippen LogP contribution in [0.1, 0.15) is 52.4 Å². The fourth-order valence-corrected chi connectivity index (χ4v) is 3.28. The molecule has 0 aromatic rings. The molecule has 1 saturated carbocycles. The predicted molar refractivity (Wildman–Crippen MR) is 74.2 cm³/mol. The first-order valence-corrected chi connectivity index (χ1v) is 7.62. The fourth-order valence-electron chi connectivity index (χ4n) is 3.28. The second-order valence-electron chi connectivity index (χ2n) is 6.06. The summed E-state index contributed by atoms with van der Waals surface area (Å²) in [7, 11) is 0. The minimum atomic E-state index is -0.284. The molecule has 0 spiro atoms. The van der Waals surface area contributed by atoms with Gasteiger partial charge < -0.3 is 0 Å². The minimum absolute atomic E-state index is 0.284. The van der Waals surface area contributed by atoms with E-state index in [1.54, 1.807) is 0 Å². The van der Waals surface area contributed by atoms with Gasteiger partial charge in [-0.2, -0.15) is 5.26 Å². The average Bonchev–Trinajstić information content (AvgIpc) is 3.19. The molecular formula is C15H27N3. The van der Waals surface area contributed by atoms with Crippen molar-refractivity contribution in [2.75, 3.05) is 19.6 Å². The topological polar surface area (TPSA) is 39.1 Å². The summed E-state index contributed by atoms with van der Waals surface area (Å²) in [5, 5.41) is 13.2. The lowest BCUT2D eigenvalue weighted by molar-refractivity contribution is 0.157. The molecule has 0 amide bonds. The number of nitriles is 1. The van der Waals surface area contributed by atoms with Crippen molar-refractivity contribution in [3.05, 3.63) is 0 Å². The zero-order valence-electron chi connectivity index (χ0n) is 11.9. The predicted octanol–water partition coefficient (Wildman–Crippen LogP) is 2.53. The molecule has 1 aliphatic carbocycles. The van der Waals surface area contributed by atoms with Crippen LogP contribution in [0.4, 0.5) is 0 Å². The van der Waals surface area contributed by atoms with Crippen LogP contribution in [-0.2, 0) is 0 Å². The van der Waals surface area contributed by atoms with Gasteiger partial charge in [0.25, 0.3) is 0 Å². The largest absolute Gasteiger partial charge is 0.298 e. The molecule has 3 nitrogen and oxygen atoms in total. The lowest BCUT2D eigenvalue weighted by Gasteiger charge is -2.36. The SMILES string of the molecule is CCNC(C#N)(CN1CCCCCC1C)C1CC1. The molecule has 2 unspecified atom stereocenters. The van der Waals surface area contributed by atoms with Crippen LogP contribution in [0.25, 0.3) is 0 Å². The first kappa shape index (κ1) is 13.8. The normalized spacial score (nSPS) is 29.3. The number of hydrogen-bond acceptors (Lipinski definition) is 3. The molecule has 0 aromatic heterocycles. The first-order valence-electron chi connectivity index (χ1n) is 7.62. The van der Waals surface area contributed by atoms with Gasteiger partial charge in [-0.1, -0.05) is 19.8 Å². The van der Waals surface area contributed by atoms with Gasteiger partial charge in [-0.05, 0) is 51.6 Å². The Morgan fingerprint density at radius 1 is 1.28 bits per heavy atom. The molecule has 3 heteroatoms. The van der Waals surface area contributed by atoms with Crippen molar-refractivity contribution in [1.82, 2.24) is 10.2 Å². The highest BCUT2D eigenvalue weighted by molar-refractivity contribution is 5.16. The van der Waals surface area contributed by atoms with Crippen LogP contribution in [0.5, 0.6) is 0 Å². The summed E-state index contributed by atoms with van der Waals surface area (Å²) in [6, 6.07) is 3.25. The van der Waals surface area contributed by atoms with E-state index >= 15 is 0 Å². The molecular weight excluding hydrogens is 222 g/mol. The molecule has 2 atom stereocenters. The number of likely N-dealkylation sites (N-methyl/N-ethyl adjacent to an activating group) is 1. The summed E-state index contributed by atoms with van der Waals surface area (Å²) in [4.78, 5) is 2.55. The first-order chi connectivity index (χ1) is 8.72. The Morgan fingerprint density at radius 3 is 2.67 bits per heavy atom. The van der Waals surface area contributed by atoms with E-state index in [0.29, 0.717) is 12.0 Å². The van der Waals surface area contributed by atoms with Crippen LogP contribution in [0.15, 0.2) is 0 Å². The Morgan fingerprint density at radius 2 is 2.06 bits per heavy atom. The van der Waals surface area contributed by atoms with Gasteiger partial charge in [0, 0.05) is 12.6 Å². The highest BCUT2D eigenvalue weighted by Gasteiger charge is 2.46. The summed E-state index contributed by atoms with van der Waals surface area (Å²) in [6.45, 7) is 7.42. The van der Waals surface area contributed by atoms with E-state index in [4.69, 9.17) is 0 Å². The molecule has 1 saturated heterocycles. The lowest BCUT2D eigenvalue weighted by Crippen LogP contribution is -2.56. The molecule has 102 valence electrons. The Bertz CT molecular complexity index is 305. The Labute approximate surface area is 112 Å². The fraction of sp³-hybridized carbons (Fsp3) is 0.933. The third-order valence-corrected chi connectivity index (χ3v) is 4.61. The maximum Gasteiger partial charge on any atom is 0.122 e. The maximum atomic E-state index is 9.67. The van der Waals surface area contributed by atoms with Crippen molar-refractivity contribution in [2.45, 2.75) is 64.0 Å². The summed E-state index contributed by atoms with van der Waals surface area (Å²) in [6.07, 6.45) is 7.74. The van der Waals surface area contributed by atoms with Gasteiger partial charge in [-0.15, -0.1) is 0 Å². The number of hydrogen-bond donors (Lipinski definition) is 1. The van der Waals surface area contributed by atoms with Gasteiger partial charge in [0.15, 0.2) is 0 Å². The van der Waals surface area contributed by atoms with Crippen molar-refractivity contribution in [1.29, 1.82) is 5.26 Å². The number of rotatable bonds is 5. The highest BCUT2D eigenvalue weighted by atomic mass is 15.2. The van der Waals surface area contributed by atoms with Crippen LogP contribution in [0.2, 0.25) is 0 Å². The standard InChI is InChI=1S/C15H27N3/c1-3-17-15(11-16,14-8-9-14)12-18-10-6-4-5-7-13(18)2/h13-14,17H,3-10,12H2,1-2H3. The van der Waals surface area contributed by atoms with Gasteiger partial charge in [-0.3, -0.25) is 10.2 Å². The molecule has 0 radical (unpaired) electrons. The lowest BCUT2D eigenvalue weighted by atomic mass is 9.93. The van der Waals surface area contributed by atoms with Gasteiger partial charge in [-0.25, -0.2) is 0 Å². The monoisotopic (exact) mass is 249 g/mol. The van der Waals surface area contributed by atoms with E-state index in [2.05, 4.69) is 30.1 Å². The molecule has 0 aromatic carbocycles. The van der Waals surface area contributed by atoms with Crippen LogP contribution >= 0.6 is 0 Å². The average molecular weight is 249 g/mol.